The number of rotatable bonds is 2. The van der Waals surface area contributed by atoms with Crippen LogP contribution in [-0.2, 0) is 9.53 Å². The lowest BCUT2D eigenvalue weighted by Crippen LogP contribution is -3.12. The van der Waals surface area contributed by atoms with Crippen molar-refractivity contribution < 1.29 is 14.4 Å². The molecule has 0 amide bonds. The number of hydrogen-bond donors (Lipinski definition) is 1. The Morgan fingerprint density at radius 3 is 2.71 bits per heavy atom. The highest BCUT2D eigenvalue weighted by molar-refractivity contribution is 5.76. The van der Waals surface area contributed by atoms with E-state index in [0.29, 0.717) is 11.8 Å². The van der Waals surface area contributed by atoms with Gasteiger partial charge in [0.15, 0.2) is 0 Å². The van der Waals surface area contributed by atoms with Crippen LogP contribution in [0.5, 0.6) is 0 Å². The first-order valence-corrected chi connectivity index (χ1v) is 10.3. The van der Waals surface area contributed by atoms with Gasteiger partial charge in [0.1, 0.15) is 12.0 Å². The van der Waals surface area contributed by atoms with Gasteiger partial charge in [0.05, 0.1) is 19.6 Å². The molecule has 3 fully saturated rings. The maximum absolute atomic E-state index is 12.6. The minimum atomic E-state index is 0.0912. The zero-order chi connectivity index (χ0) is 16.7. The molecule has 0 radical (unpaired) electrons. The normalized spacial score (nSPS) is 43.4. The summed E-state index contributed by atoms with van der Waals surface area (Å²) in [6.07, 6.45) is 13.0. The van der Waals surface area contributed by atoms with Crippen LogP contribution in [0.2, 0.25) is 0 Å². The Morgan fingerprint density at radius 2 is 1.96 bits per heavy atom. The van der Waals surface area contributed by atoms with Crippen molar-refractivity contribution >= 4 is 5.97 Å². The lowest BCUT2D eigenvalue weighted by Gasteiger charge is -2.46. The van der Waals surface area contributed by atoms with Crippen LogP contribution in [0, 0.1) is 23.2 Å². The number of ether oxygens (including phenoxy) is 1. The summed E-state index contributed by atoms with van der Waals surface area (Å²) in [5.41, 5.74) is 1.92. The molecular weight excluding hydrogens is 298 g/mol. The molecule has 0 aromatic rings. The summed E-state index contributed by atoms with van der Waals surface area (Å²) in [4.78, 5) is 14.3. The van der Waals surface area contributed by atoms with Crippen LogP contribution in [-0.4, -0.2) is 31.7 Å². The number of hydrogen-bond acceptors (Lipinski definition) is 2. The molecule has 0 aromatic carbocycles. The van der Waals surface area contributed by atoms with Gasteiger partial charge in [-0.05, 0) is 56.3 Å². The van der Waals surface area contributed by atoms with Crippen molar-refractivity contribution in [2.75, 3.05) is 19.6 Å². The average molecular weight is 333 g/mol. The van der Waals surface area contributed by atoms with Gasteiger partial charge in [0.25, 0.3) is 0 Å². The second-order valence-corrected chi connectivity index (χ2v) is 9.21. The van der Waals surface area contributed by atoms with Crippen LogP contribution >= 0.6 is 0 Å². The predicted octanol–water partition coefficient (Wildman–Crippen LogP) is 2.76. The van der Waals surface area contributed by atoms with Crippen molar-refractivity contribution in [3.05, 3.63) is 11.6 Å². The van der Waals surface area contributed by atoms with Gasteiger partial charge in [-0.25, -0.2) is 0 Å². The van der Waals surface area contributed by atoms with Gasteiger partial charge in [0.2, 0.25) is 0 Å². The van der Waals surface area contributed by atoms with E-state index >= 15 is 0 Å². The average Bonchev–Trinajstić information content (AvgIpc) is 2.72. The van der Waals surface area contributed by atoms with Crippen molar-refractivity contribution in [3.63, 3.8) is 0 Å². The highest BCUT2D eigenvalue weighted by atomic mass is 16.6. The van der Waals surface area contributed by atoms with Crippen LogP contribution in [0.25, 0.3) is 0 Å². The number of quaternary nitrogens is 1. The summed E-state index contributed by atoms with van der Waals surface area (Å²) in [6.45, 7) is 8.27. The molecule has 4 aliphatic rings. The van der Waals surface area contributed by atoms with E-state index in [1.807, 2.05) is 0 Å². The van der Waals surface area contributed by atoms with Crippen molar-refractivity contribution in [3.8, 4) is 0 Å². The fourth-order valence-electron chi connectivity index (χ4n) is 6.03. The highest BCUT2D eigenvalue weighted by Crippen LogP contribution is 2.53. The third kappa shape index (κ3) is 2.94. The highest BCUT2D eigenvalue weighted by Gasteiger charge is 2.52. The van der Waals surface area contributed by atoms with Crippen LogP contribution in [0.1, 0.15) is 65.2 Å². The van der Waals surface area contributed by atoms with Gasteiger partial charge in [-0.3, -0.25) is 4.79 Å². The molecule has 2 aliphatic carbocycles. The lowest BCUT2D eigenvalue weighted by molar-refractivity contribution is -0.901. The molecule has 2 heterocycles. The first-order chi connectivity index (χ1) is 11.6. The summed E-state index contributed by atoms with van der Waals surface area (Å²) in [5, 5.41) is 0. The standard InChI is InChI=1S/C21H33NO2/c1-15-8-7-9-21(2)13-19-16(12-18(15)21)17(20(23)24-19)14-22-10-5-3-4-6-11-22/h12,15-17,19H,3-11,13-14H2,1-2H3/p+1/t15-,16+,17-,19+,21+/m0/s1. The summed E-state index contributed by atoms with van der Waals surface area (Å²) in [5.74, 6) is 1.23. The minimum Gasteiger partial charge on any atom is -0.461 e. The third-order valence-corrected chi connectivity index (χ3v) is 7.40. The van der Waals surface area contributed by atoms with Gasteiger partial charge >= 0.3 is 5.97 Å². The van der Waals surface area contributed by atoms with Crippen LogP contribution in [0.15, 0.2) is 11.6 Å². The number of fused-ring (bicyclic) bond motifs is 2. The molecule has 1 N–H and O–H groups in total. The van der Waals surface area contributed by atoms with E-state index in [9.17, 15) is 4.79 Å². The van der Waals surface area contributed by atoms with E-state index in [1.54, 1.807) is 10.5 Å². The molecule has 4 rings (SSSR count). The Hall–Kier alpha value is -0.830. The summed E-state index contributed by atoms with van der Waals surface area (Å²) in [7, 11) is 0. The maximum atomic E-state index is 12.6. The molecule has 3 nitrogen and oxygen atoms in total. The third-order valence-electron chi connectivity index (χ3n) is 7.40. The molecule has 2 saturated heterocycles. The van der Waals surface area contributed by atoms with E-state index in [0.717, 1.165) is 13.0 Å². The smallest absolute Gasteiger partial charge is 0.315 e. The topological polar surface area (TPSA) is 30.7 Å². The van der Waals surface area contributed by atoms with Crippen molar-refractivity contribution in [1.82, 2.24) is 0 Å². The molecule has 0 unspecified atom stereocenters. The molecular formula is C21H34NO2+. The number of allylic oxidation sites excluding steroid dienone is 1. The van der Waals surface area contributed by atoms with Gasteiger partial charge in [-0.15, -0.1) is 0 Å². The predicted molar refractivity (Wildman–Crippen MR) is 94.7 cm³/mol. The first-order valence-electron chi connectivity index (χ1n) is 10.3. The molecule has 24 heavy (non-hydrogen) atoms. The molecule has 2 aliphatic heterocycles. The molecule has 134 valence electrons. The van der Waals surface area contributed by atoms with Gasteiger partial charge in [0, 0.05) is 5.92 Å². The van der Waals surface area contributed by atoms with Gasteiger partial charge in [-0.2, -0.15) is 0 Å². The Balaban J connectivity index is 1.55. The molecule has 3 heteroatoms. The number of carbonyl (C=O) groups excluding carboxylic acids is 1. The van der Waals surface area contributed by atoms with E-state index in [2.05, 4.69) is 19.9 Å². The first kappa shape index (κ1) is 16.6. The number of nitrogens with one attached hydrogen (secondary N) is 1. The van der Waals surface area contributed by atoms with Crippen LogP contribution < -0.4 is 4.90 Å². The SMILES string of the molecule is C[C@H]1CCC[C@]2(C)C[C@H]3OC(=O)[C@@H](C[NH+]4CCCCCC4)[C@H]3C=C12. The molecule has 1 saturated carbocycles. The Kier molecular flexibility index (Phi) is 4.49. The molecule has 5 atom stereocenters. The number of likely N-dealkylation sites (tertiary alicyclic amines) is 1. The summed E-state index contributed by atoms with van der Waals surface area (Å²) >= 11 is 0. The zero-order valence-electron chi connectivity index (χ0n) is 15.5. The maximum Gasteiger partial charge on any atom is 0.315 e. The zero-order valence-corrected chi connectivity index (χ0v) is 15.5. The molecule has 0 bridgehead atoms. The van der Waals surface area contributed by atoms with Crippen molar-refractivity contribution in [2.45, 2.75) is 71.3 Å². The Morgan fingerprint density at radius 1 is 1.21 bits per heavy atom. The minimum absolute atomic E-state index is 0.0912. The Labute approximate surface area is 146 Å². The van der Waals surface area contributed by atoms with E-state index < -0.39 is 0 Å². The van der Waals surface area contributed by atoms with Gasteiger partial charge < -0.3 is 9.64 Å². The van der Waals surface area contributed by atoms with Crippen LogP contribution in [0.3, 0.4) is 0 Å². The van der Waals surface area contributed by atoms with E-state index in [-0.39, 0.29) is 23.4 Å². The summed E-state index contributed by atoms with van der Waals surface area (Å²) < 4.78 is 5.90. The molecule has 0 aromatic heterocycles. The largest absolute Gasteiger partial charge is 0.461 e. The summed E-state index contributed by atoms with van der Waals surface area (Å²) in [6, 6.07) is 0. The fraction of sp³-hybridized carbons (Fsp3) is 0.857. The van der Waals surface area contributed by atoms with E-state index in [1.165, 1.54) is 58.0 Å². The second-order valence-electron chi connectivity index (χ2n) is 9.21. The van der Waals surface area contributed by atoms with Gasteiger partial charge in [-0.1, -0.05) is 31.9 Å². The second kappa shape index (κ2) is 6.48. The quantitative estimate of drug-likeness (QED) is 0.623. The lowest BCUT2D eigenvalue weighted by atomic mass is 9.59. The number of carbonyl (C=O) groups is 1. The Bertz CT molecular complexity index is 520. The van der Waals surface area contributed by atoms with Crippen molar-refractivity contribution in [2.24, 2.45) is 23.2 Å². The van der Waals surface area contributed by atoms with Crippen LogP contribution in [0.4, 0.5) is 0 Å². The fourth-order valence-corrected chi connectivity index (χ4v) is 6.03. The van der Waals surface area contributed by atoms with E-state index in [4.69, 9.17) is 4.74 Å². The monoisotopic (exact) mass is 332 g/mol. The molecule has 0 spiro atoms. The number of esters is 1. The van der Waals surface area contributed by atoms with Crippen molar-refractivity contribution in [1.29, 1.82) is 0 Å².